The maximum Gasteiger partial charge on any atom is 0.168 e. The van der Waals surface area contributed by atoms with Crippen LogP contribution in [-0.2, 0) is 0 Å². The molecular formula is C26H27N3. The predicted molar refractivity (Wildman–Crippen MR) is 121 cm³/mol. The van der Waals surface area contributed by atoms with Gasteiger partial charge >= 0.3 is 0 Å². The minimum absolute atomic E-state index is 0.879. The minimum Gasteiger partial charge on any atom is -0.279 e. The van der Waals surface area contributed by atoms with Gasteiger partial charge in [0.15, 0.2) is 5.82 Å². The van der Waals surface area contributed by atoms with Crippen LogP contribution < -0.4 is 0 Å². The fourth-order valence-electron chi connectivity index (χ4n) is 4.08. The lowest BCUT2D eigenvalue weighted by molar-refractivity contribution is 0.955. The molecule has 4 rings (SSSR count). The summed E-state index contributed by atoms with van der Waals surface area (Å²) < 4.78 is 2.18. The quantitative estimate of drug-likeness (QED) is 0.408. The Morgan fingerprint density at radius 3 is 1.66 bits per heavy atom. The summed E-state index contributed by atoms with van der Waals surface area (Å²) in [5.74, 6) is 1.77. The molecule has 0 unspecified atom stereocenters. The number of aromatic nitrogens is 3. The lowest BCUT2D eigenvalue weighted by atomic mass is 9.93. The third kappa shape index (κ3) is 3.38. The lowest BCUT2D eigenvalue weighted by Crippen LogP contribution is -2.05. The molecule has 0 atom stereocenters. The molecule has 4 aromatic rings. The molecule has 0 aliphatic rings. The number of benzene rings is 3. The van der Waals surface area contributed by atoms with Crippen molar-refractivity contribution in [1.82, 2.24) is 14.8 Å². The van der Waals surface area contributed by atoms with Gasteiger partial charge in [-0.2, -0.15) is 0 Å². The van der Waals surface area contributed by atoms with Gasteiger partial charge in [-0.15, -0.1) is 10.2 Å². The third-order valence-corrected chi connectivity index (χ3v) is 5.83. The summed E-state index contributed by atoms with van der Waals surface area (Å²) in [7, 11) is 0. The van der Waals surface area contributed by atoms with E-state index in [0.717, 1.165) is 22.9 Å². The van der Waals surface area contributed by atoms with E-state index in [1.54, 1.807) is 0 Å². The second-order valence-electron chi connectivity index (χ2n) is 7.97. The maximum atomic E-state index is 4.47. The summed E-state index contributed by atoms with van der Waals surface area (Å²) in [6.45, 7) is 12.9. The van der Waals surface area contributed by atoms with Crippen LogP contribution in [0.5, 0.6) is 0 Å². The van der Waals surface area contributed by atoms with Crippen molar-refractivity contribution < 1.29 is 0 Å². The molecule has 3 heteroatoms. The highest BCUT2D eigenvalue weighted by Crippen LogP contribution is 2.32. The van der Waals surface area contributed by atoms with E-state index in [0.29, 0.717) is 0 Å². The zero-order chi connectivity index (χ0) is 20.7. The molecule has 3 nitrogen and oxygen atoms in total. The van der Waals surface area contributed by atoms with Crippen LogP contribution in [0.15, 0.2) is 54.6 Å². The highest BCUT2D eigenvalue weighted by molar-refractivity contribution is 5.71. The Labute approximate surface area is 173 Å². The SMILES string of the molecule is Cc1cc(-c2cc(C)c(-n3c(C)nnc3-c3ccccc3)c(C)c2)cc(C)c1C. The maximum absolute atomic E-state index is 4.47. The van der Waals surface area contributed by atoms with Gasteiger partial charge in [-0.1, -0.05) is 42.5 Å². The molecule has 0 saturated carbocycles. The number of nitrogens with zero attached hydrogens (tertiary/aromatic N) is 3. The Morgan fingerprint density at radius 1 is 0.586 bits per heavy atom. The molecule has 0 bridgehead atoms. The Kier molecular flexibility index (Phi) is 4.83. The van der Waals surface area contributed by atoms with Gasteiger partial charge < -0.3 is 0 Å². The molecule has 0 amide bonds. The summed E-state index contributed by atoms with van der Waals surface area (Å²) >= 11 is 0. The second kappa shape index (κ2) is 7.32. The molecular weight excluding hydrogens is 354 g/mol. The number of aryl methyl sites for hydroxylation is 5. The van der Waals surface area contributed by atoms with Crippen LogP contribution in [0.3, 0.4) is 0 Å². The fourth-order valence-corrected chi connectivity index (χ4v) is 4.08. The summed E-state index contributed by atoms with van der Waals surface area (Å²) in [5, 5.41) is 8.85. The van der Waals surface area contributed by atoms with Gasteiger partial charge in [0.1, 0.15) is 5.82 Å². The van der Waals surface area contributed by atoms with Crippen molar-refractivity contribution in [3.05, 3.63) is 88.2 Å². The van der Waals surface area contributed by atoms with Crippen molar-refractivity contribution in [1.29, 1.82) is 0 Å². The van der Waals surface area contributed by atoms with Crippen LogP contribution in [0, 0.1) is 41.5 Å². The van der Waals surface area contributed by atoms with E-state index in [1.165, 1.54) is 38.9 Å². The minimum atomic E-state index is 0.879. The van der Waals surface area contributed by atoms with E-state index < -0.39 is 0 Å². The zero-order valence-electron chi connectivity index (χ0n) is 18.0. The second-order valence-corrected chi connectivity index (χ2v) is 7.97. The first-order chi connectivity index (χ1) is 13.9. The van der Waals surface area contributed by atoms with Crippen molar-refractivity contribution in [2.45, 2.75) is 41.5 Å². The number of hydrogen-bond donors (Lipinski definition) is 0. The largest absolute Gasteiger partial charge is 0.279 e. The van der Waals surface area contributed by atoms with Crippen molar-refractivity contribution >= 4 is 0 Å². The molecule has 0 fully saturated rings. The van der Waals surface area contributed by atoms with Crippen molar-refractivity contribution in [2.75, 3.05) is 0 Å². The fraction of sp³-hybridized carbons (Fsp3) is 0.231. The molecule has 3 aromatic carbocycles. The third-order valence-electron chi connectivity index (χ3n) is 5.83. The van der Waals surface area contributed by atoms with E-state index in [9.17, 15) is 0 Å². The van der Waals surface area contributed by atoms with Crippen LogP contribution in [0.2, 0.25) is 0 Å². The average molecular weight is 382 g/mol. The van der Waals surface area contributed by atoms with Gasteiger partial charge in [-0.3, -0.25) is 4.57 Å². The normalized spacial score (nSPS) is 11.1. The molecule has 0 radical (unpaired) electrons. The van der Waals surface area contributed by atoms with Crippen molar-refractivity contribution in [3.63, 3.8) is 0 Å². The summed E-state index contributed by atoms with van der Waals surface area (Å²) in [4.78, 5) is 0. The first-order valence-corrected chi connectivity index (χ1v) is 10.0. The highest BCUT2D eigenvalue weighted by atomic mass is 15.3. The Bertz CT molecular complexity index is 1150. The summed E-state index contributed by atoms with van der Waals surface area (Å²) in [5.41, 5.74) is 11.2. The first-order valence-electron chi connectivity index (χ1n) is 10.0. The van der Waals surface area contributed by atoms with Crippen LogP contribution in [0.4, 0.5) is 0 Å². The van der Waals surface area contributed by atoms with Gasteiger partial charge in [0.05, 0.1) is 5.69 Å². The predicted octanol–water partition coefficient (Wildman–Crippen LogP) is 6.45. The lowest BCUT2D eigenvalue weighted by Gasteiger charge is -2.17. The van der Waals surface area contributed by atoms with Gasteiger partial charge in [-0.25, -0.2) is 0 Å². The van der Waals surface area contributed by atoms with Gasteiger partial charge in [0.2, 0.25) is 0 Å². The Morgan fingerprint density at radius 2 is 1.10 bits per heavy atom. The van der Waals surface area contributed by atoms with Crippen LogP contribution in [0.1, 0.15) is 33.6 Å². The Balaban J connectivity index is 1.88. The molecule has 1 aromatic heterocycles. The van der Waals surface area contributed by atoms with E-state index in [2.05, 4.69) is 85.8 Å². The summed E-state index contributed by atoms with van der Waals surface area (Å²) in [6, 6.07) is 19.4. The van der Waals surface area contributed by atoms with Gasteiger partial charge in [0.25, 0.3) is 0 Å². The van der Waals surface area contributed by atoms with Crippen LogP contribution >= 0.6 is 0 Å². The molecule has 0 aliphatic carbocycles. The van der Waals surface area contributed by atoms with E-state index >= 15 is 0 Å². The van der Waals surface area contributed by atoms with E-state index in [1.807, 2.05) is 25.1 Å². The smallest absolute Gasteiger partial charge is 0.168 e. The topological polar surface area (TPSA) is 30.7 Å². The molecule has 146 valence electrons. The molecule has 0 N–H and O–H groups in total. The monoisotopic (exact) mass is 381 g/mol. The number of rotatable bonds is 3. The molecule has 0 spiro atoms. The highest BCUT2D eigenvalue weighted by Gasteiger charge is 2.17. The zero-order valence-corrected chi connectivity index (χ0v) is 18.0. The molecule has 0 saturated heterocycles. The van der Waals surface area contributed by atoms with Crippen molar-refractivity contribution in [3.8, 4) is 28.2 Å². The first kappa shape index (κ1) is 19.1. The van der Waals surface area contributed by atoms with Crippen molar-refractivity contribution in [2.24, 2.45) is 0 Å². The van der Waals surface area contributed by atoms with Crippen LogP contribution in [-0.4, -0.2) is 14.8 Å². The Hall–Kier alpha value is -3.20. The summed E-state index contributed by atoms with van der Waals surface area (Å²) in [6.07, 6.45) is 0. The number of hydrogen-bond acceptors (Lipinski definition) is 2. The van der Waals surface area contributed by atoms with Crippen LogP contribution in [0.25, 0.3) is 28.2 Å². The van der Waals surface area contributed by atoms with Gasteiger partial charge in [0, 0.05) is 5.56 Å². The van der Waals surface area contributed by atoms with Gasteiger partial charge in [-0.05, 0) is 92.6 Å². The standard InChI is InChI=1S/C26H27N3/c1-16-12-23(13-17(2)20(16)5)24-14-18(3)25(19(4)15-24)29-21(6)27-28-26(29)22-10-8-7-9-11-22/h7-15H,1-6H3. The van der Waals surface area contributed by atoms with E-state index in [-0.39, 0.29) is 0 Å². The molecule has 0 aliphatic heterocycles. The average Bonchev–Trinajstić information content (AvgIpc) is 3.07. The van der Waals surface area contributed by atoms with E-state index in [4.69, 9.17) is 0 Å². The molecule has 29 heavy (non-hydrogen) atoms. The molecule has 1 heterocycles.